The molecule has 0 amide bonds. The van der Waals surface area contributed by atoms with Crippen molar-refractivity contribution in [3.63, 3.8) is 0 Å². The molecule has 0 N–H and O–H groups in total. The van der Waals surface area contributed by atoms with Gasteiger partial charge in [0.1, 0.15) is 10.8 Å². The van der Waals surface area contributed by atoms with E-state index in [2.05, 4.69) is 20.3 Å². The average molecular weight is 344 g/mol. The number of aromatic nitrogens is 5. The van der Waals surface area contributed by atoms with Crippen LogP contribution in [-0.4, -0.2) is 31.9 Å². The van der Waals surface area contributed by atoms with Crippen LogP contribution in [0.15, 0.2) is 42.7 Å². The topological polar surface area (TPSA) is 65.2 Å². The monoisotopic (exact) mass is 343 g/mol. The highest BCUT2D eigenvalue weighted by Crippen LogP contribution is 2.33. The largest absolute Gasteiger partial charge is 0.496 e. The first-order valence-electron chi connectivity index (χ1n) is 6.73. The molecule has 0 aliphatic heterocycles. The van der Waals surface area contributed by atoms with Crippen LogP contribution in [0.4, 0.5) is 0 Å². The quantitative estimate of drug-likeness (QED) is 0.569. The lowest BCUT2D eigenvalue weighted by atomic mass is 10.2. The molecule has 8 heteroatoms. The summed E-state index contributed by atoms with van der Waals surface area (Å²) < 4.78 is 7.10. The van der Waals surface area contributed by atoms with Crippen molar-refractivity contribution in [3.05, 3.63) is 47.7 Å². The molecule has 0 unspecified atom stereocenters. The molecule has 0 aliphatic carbocycles. The van der Waals surface area contributed by atoms with E-state index in [1.54, 1.807) is 42.2 Å². The number of ether oxygens (including phenoxy) is 1. The van der Waals surface area contributed by atoms with E-state index >= 15 is 0 Å². The zero-order chi connectivity index (χ0) is 15.8. The first-order valence-corrected chi connectivity index (χ1v) is 7.92. The summed E-state index contributed by atoms with van der Waals surface area (Å²) in [4.78, 5) is 4.72. The zero-order valence-electron chi connectivity index (χ0n) is 12.0. The highest BCUT2D eigenvalue weighted by molar-refractivity contribution is 7.19. The van der Waals surface area contributed by atoms with Crippen LogP contribution in [0.5, 0.6) is 5.75 Å². The Morgan fingerprint density at radius 2 is 1.96 bits per heavy atom. The first kappa shape index (κ1) is 14.1. The van der Waals surface area contributed by atoms with Gasteiger partial charge < -0.3 is 4.74 Å². The fourth-order valence-corrected chi connectivity index (χ4v) is 3.27. The van der Waals surface area contributed by atoms with Crippen molar-refractivity contribution in [2.24, 2.45) is 0 Å². The summed E-state index contributed by atoms with van der Waals surface area (Å²) in [6.45, 7) is 0. The number of benzene rings is 1. The molecule has 114 valence electrons. The van der Waals surface area contributed by atoms with E-state index in [-0.39, 0.29) is 0 Å². The maximum absolute atomic E-state index is 6.11. The van der Waals surface area contributed by atoms with Gasteiger partial charge in [0.2, 0.25) is 4.96 Å². The molecule has 4 aromatic rings. The van der Waals surface area contributed by atoms with E-state index < -0.39 is 0 Å². The number of halogens is 1. The highest BCUT2D eigenvalue weighted by atomic mass is 35.5. The predicted octanol–water partition coefficient (Wildman–Crippen LogP) is 3.58. The van der Waals surface area contributed by atoms with E-state index in [1.807, 2.05) is 12.1 Å². The van der Waals surface area contributed by atoms with E-state index in [1.165, 1.54) is 11.3 Å². The van der Waals surface area contributed by atoms with Gasteiger partial charge >= 0.3 is 0 Å². The molecule has 23 heavy (non-hydrogen) atoms. The van der Waals surface area contributed by atoms with Crippen LogP contribution in [0.1, 0.15) is 0 Å². The Kier molecular flexibility index (Phi) is 3.44. The second-order valence-electron chi connectivity index (χ2n) is 4.71. The third kappa shape index (κ3) is 2.43. The molecule has 0 fully saturated rings. The first-order chi connectivity index (χ1) is 11.3. The summed E-state index contributed by atoms with van der Waals surface area (Å²) in [6.07, 6.45) is 3.47. The Balaban J connectivity index is 1.89. The van der Waals surface area contributed by atoms with Crippen molar-refractivity contribution in [1.82, 2.24) is 24.8 Å². The van der Waals surface area contributed by atoms with Gasteiger partial charge in [0.25, 0.3) is 0 Å². The Bertz CT molecular complexity index is 982. The van der Waals surface area contributed by atoms with Crippen molar-refractivity contribution in [2.45, 2.75) is 0 Å². The molecule has 0 bridgehead atoms. The van der Waals surface area contributed by atoms with Crippen LogP contribution in [0.25, 0.3) is 26.9 Å². The van der Waals surface area contributed by atoms with Gasteiger partial charge in [-0.2, -0.15) is 9.61 Å². The molecule has 1 aromatic carbocycles. The standard InChI is InChI=1S/C15H10ClN5OS/c1-22-12-3-2-10(16)8-11(12)13-18-19-15-21(13)20-14(23-15)9-4-6-17-7-5-9/h2-8H,1H3. The molecule has 3 aromatic heterocycles. The summed E-state index contributed by atoms with van der Waals surface area (Å²) in [5.41, 5.74) is 1.73. The molecule has 6 nitrogen and oxygen atoms in total. The minimum Gasteiger partial charge on any atom is -0.496 e. The van der Waals surface area contributed by atoms with Gasteiger partial charge in [0.15, 0.2) is 5.82 Å². The van der Waals surface area contributed by atoms with Crippen molar-refractivity contribution < 1.29 is 4.74 Å². The van der Waals surface area contributed by atoms with Gasteiger partial charge in [-0.1, -0.05) is 22.9 Å². The van der Waals surface area contributed by atoms with E-state index in [9.17, 15) is 0 Å². The second-order valence-corrected chi connectivity index (χ2v) is 6.10. The number of fused-ring (bicyclic) bond motifs is 1. The second kappa shape index (κ2) is 5.60. The van der Waals surface area contributed by atoms with Gasteiger partial charge in [-0.15, -0.1) is 10.2 Å². The molecule has 0 radical (unpaired) electrons. The van der Waals surface area contributed by atoms with Crippen LogP contribution in [0.3, 0.4) is 0 Å². The molecule has 3 heterocycles. The van der Waals surface area contributed by atoms with Crippen molar-refractivity contribution in [1.29, 1.82) is 0 Å². The maximum Gasteiger partial charge on any atom is 0.235 e. The van der Waals surface area contributed by atoms with Crippen molar-refractivity contribution in [2.75, 3.05) is 7.11 Å². The van der Waals surface area contributed by atoms with Crippen molar-refractivity contribution >= 4 is 27.9 Å². The van der Waals surface area contributed by atoms with Gasteiger partial charge in [-0.25, -0.2) is 0 Å². The maximum atomic E-state index is 6.11. The average Bonchev–Trinajstić information content (AvgIpc) is 3.16. The van der Waals surface area contributed by atoms with Crippen LogP contribution in [0, 0.1) is 0 Å². The number of methoxy groups -OCH3 is 1. The fraction of sp³-hybridized carbons (Fsp3) is 0.0667. The van der Waals surface area contributed by atoms with Crippen LogP contribution >= 0.6 is 22.9 Å². The van der Waals surface area contributed by atoms with E-state index in [4.69, 9.17) is 16.3 Å². The number of hydrogen-bond acceptors (Lipinski definition) is 6. The molecule has 0 spiro atoms. The number of rotatable bonds is 3. The summed E-state index contributed by atoms with van der Waals surface area (Å²) in [6, 6.07) is 9.18. The molecular formula is C15H10ClN5OS. The smallest absolute Gasteiger partial charge is 0.235 e. The lowest BCUT2D eigenvalue weighted by Crippen LogP contribution is -1.94. The molecule has 4 rings (SSSR count). The van der Waals surface area contributed by atoms with Gasteiger partial charge in [0.05, 0.1) is 12.7 Å². The molecule has 0 saturated carbocycles. The Morgan fingerprint density at radius 3 is 2.74 bits per heavy atom. The fourth-order valence-electron chi connectivity index (χ4n) is 2.25. The van der Waals surface area contributed by atoms with Gasteiger partial charge in [-0.3, -0.25) is 4.98 Å². The third-order valence-corrected chi connectivity index (χ3v) is 4.50. The normalized spacial score (nSPS) is 11.0. The Hall–Kier alpha value is -2.51. The molecular weight excluding hydrogens is 334 g/mol. The lowest BCUT2D eigenvalue weighted by molar-refractivity contribution is 0.416. The van der Waals surface area contributed by atoms with Gasteiger partial charge in [-0.05, 0) is 30.3 Å². The van der Waals surface area contributed by atoms with Crippen LogP contribution < -0.4 is 4.74 Å². The molecule has 0 aliphatic rings. The summed E-state index contributed by atoms with van der Waals surface area (Å²) in [5.74, 6) is 1.26. The number of pyridine rings is 1. The minimum atomic E-state index is 0.593. The predicted molar refractivity (Wildman–Crippen MR) is 88.9 cm³/mol. The van der Waals surface area contributed by atoms with Crippen molar-refractivity contribution in [3.8, 4) is 27.7 Å². The highest BCUT2D eigenvalue weighted by Gasteiger charge is 2.17. The Morgan fingerprint density at radius 1 is 1.13 bits per heavy atom. The number of nitrogens with zero attached hydrogens (tertiary/aromatic N) is 5. The SMILES string of the molecule is COc1ccc(Cl)cc1-c1nnc2sc(-c3ccncc3)nn12. The Labute approximate surface area is 140 Å². The zero-order valence-corrected chi connectivity index (χ0v) is 13.5. The molecule has 0 saturated heterocycles. The van der Waals surface area contributed by atoms with Crippen LogP contribution in [-0.2, 0) is 0 Å². The number of hydrogen-bond donors (Lipinski definition) is 0. The molecule has 0 atom stereocenters. The minimum absolute atomic E-state index is 0.593. The van der Waals surface area contributed by atoms with E-state index in [0.717, 1.165) is 16.1 Å². The summed E-state index contributed by atoms with van der Waals surface area (Å²) >= 11 is 7.57. The van der Waals surface area contributed by atoms with Crippen LogP contribution in [0.2, 0.25) is 5.02 Å². The van der Waals surface area contributed by atoms with Gasteiger partial charge in [0, 0.05) is 23.0 Å². The summed E-state index contributed by atoms with van der Waals surface area (Å²) in [5, 5.41) is 14.5. The van der Waals surface area contributed by atoms with E-state index in [0.29, 0.717) is 21.6 Å². The third-order valence-electron chi connectivity index (χ3n) is 3.32. The lowest BCUT2D eigenvalue weighted by Gasteiger charge is -2.06. The summed E-state index contributed by atoms with van der Waals surface area (Å²) in [7, 11) is 1.61.